The molecule has 16 heavy (non-hydrogen) atoms. The standard InChI is InChI=1S/C12H15ClFNO/c1-12(16,7-15-9-3-4-9)10-5-2-8(14)6-11(10)13/h2,5-6,9,15-16H,3-4,7H2,1H3. The molecule has 0 saturated heterocycles. The van der Waals surface area contributed by atoms with Gasteiger partial charge in [-0.05, 0) is 31.9 Å². The van der Waals surface area contributed by atoms with Crippen molar-refractivity contribution in [2.75, 3.05) is 6.54 Å². The summed E-state index contributed by atoms with van der Waals surface area (Å²) in [6, 6.07) is 4.59. The zero-order valence-electron chi connectivity index (χ0n) is 9.13. The molecule has 1 fully saturated rings. The Morgan fingerprint density at radius 1 is 1.56 bits per heavy atom. The zero-order chi connectivity index (χ0) is 11.8. The van der Waals surface area contributed by atoms with Gasteiger partial charge in [0.1, 0.15) is 11.4 Å². The zero-order valence-corrected chi connectivity index (χ0v) is 9.89. The van der Waals surface area contributed by atoms with Crippen LogP contribution in [0.3, 0.4) is 0 Å². The lowest BCUT2D eigenvalue weighted by Crippen LogP contribution is -2.36. The molecule has 2 rings (SSSR count). The highest BCUT2D eigenvalue weighted by molar-refractivity contribution is 6.31. The fraction of sp³-hybridized carbons (Fsp3) is 0.500. The van der Waals surface area contributed by atoms with Crippen molar-refractivity contribution in [3.8, 4) is 0 Å². The Balaban J connectivity index is 2.12. The number of benzene rings is 1. The van der Waals surface area contributed by atoms with Crippen LogP contribution in [-0.4, -0.2) is 17.7 Å². The van der Waals surface area contributed by atoms with E-state index in [4.69, 9.17) is 11.6 Å². The third kappa shape index (κ3) is 2.73. The van der Waals surface area contributed by atoms with Crippen molar-refractivity contribution in [3.05, 3.63) is 34.6 Å². The smallest absolute Gasteiger partial charge is 0.124 e. The molecule has 0 radical (unpaired) electrons. The molecule has 1 aromatic rings. The second kappa shape index (κ2) is 4.32. The van der Waals surface area contributed by atoms with Crippen LogP contribution >= 0.6 is 11.6 Å². The Morgan fingerprint density at radius 3 is 2.81 bits per heavy atom. The van der Waals surface area contributed by atoms with E-state index >= 15 is 0 Å². The molecule has 0 spiro atoms. The third-order valence-corrected chi connectivity index (χ3v) is 3.14. The predicted molar refractivity (Wildman–Crippen MR) is 62.0 cm³/mol. The van der Waals surface area contributed by atoms with E-state index in [0.29, 0.717) is 18.2 Å². The summed E-state index contributed by atoms with van der Waals surface area (Å²) in [6.07, 6.45) is 2.32. The minimum absolute atomic E-state index is 0.266. The lowest BCUT2D eigenvalue weighted by atomic mass is 9.96. The fourth-order valence-electron chi connectivity index (χ4n) is 1.65. The molecule has 1 atom stereocenters. The summed E-state index contributed by atoms with van der Waals surface area (Å²) in [7, 11) is 0. The van der Waals surface area contributed by atoms with Gasteiger partial charge in [-0.25, -0.2) is 4.39 Å². The maximum Gasteiger partial charge on any atom is 0.124 e. The van der Waals surface area contributed by atoms with E-state index in [-0.39, 0.29) is 10.8 Å². The normalized spacial score (nSPS) is 19.5. The first-order valence-corrected chi connectivity index (χ1v) is 5.78. The molecule has 1 aliphatic carbocycles. The predicted octanol–water partition coefficient (Wildman–Crippen LogP) is 2.44. The SMILES string of the molecule is CC(O)(CNC1CC1)c1ccc(F)cc1Cl. The second-order valence-electron chi connectivity index (χ2n) is 4.55. The summed E-state index contributed by atoms with van der Waals surface area (Å²) in [5.41, 5.74) is -0.503. The lowest BCUT2D eigenvalue weighted by molar-refractivity contribution is 0.0566. The fourth-order valence-corrected chi connectivity index (χ4v) is 2.02. The number of hydrogen-bond acceptors (Lipinski definition) is 2. The van der Waals surface area contributed by atoms with E-state index in [1.54, 1.807) is 6.92 Å². The van der Waals surface area contributed by atoms with Gasteiger partial charge in [0.2, 0.25) is 0 Å². The molecule has 0 heterocycles. The van der Waals surface area contributed by atoms with Crippen molar-refractivity contribution in [1.82, 2.24) is 5.32 Å². The maximum atomic E-state index is 12.9. The van der Waals surface area contributed by atoms with Crippen LogP contribution < -0.4 is 5.32 Å². The largest absolute Gasteiger partial charge is 0.384 e. The van der Waals surface area contributed by atoms with Gasteiger partial charge in [0.15, 0.2) is 0 Å². The summed E-state index contributed by atoms with van der Waals surface area (Å²) in [6.45, 7) is 2.12. The van der Waals surface area contributed by atoms with Crippen LogP contribution in [-0.2, 0) is 5.60 Å². The maximum absolute atomic E-state index is 12.9. The Hall–Kier alpha value is -0.640. The van der Waals surface area contributed by atoms with Crippen LogP contribution in [0.15, 0.2) is 18.2 Å². The van der Waals surface area contributed by atoms with E-state index in [9.17, 15) is 9.50 Å². The summed E-state index contributed by atoms with van der Waals surface area (Å²) in [5, 5.41) is 13.8. The van der Waals surface area contributed by atoms with Gasteiger partial charge in [-0.2, -0.15) is 0 Å². The summed E-state index contributed by atoms with van der Waals surface area (Å²) < 4.78 is 12.9. The highest BCUT2D eigenvalue weighted by Gasteiger charge is 2.29. The van der Waals surface area contributed by atoms with Crippen molar-refractivity contribution >= 4 is 11.6 Å². The number of nitrogens with one attached hydrogen (secondary N) is 1. The van der Waals surface area contributed by atoms with Crippen molar-refractivity contribution in [2.45, 2.75) is 31.4 Å². The molecule has 0 aliphatic heterocycles. The van der Waals surface area contributed by atoms with E-state index in [1.807, 2.05) is 0 Å². The quantitative estimate of drug-likeness (QED) is 0.852. The Bertz CT molecular complexity index is 391. The van der Waals surface area contributed by atoms with Gasteiger partial charge in [0.25, 0.3) is 0 Å². The molecule has 0 bridgehead atoms. The highest BCUT2D eigenvalue weighted by atomic mass is 35.5. The van der Waals surface area contributed by atoms with Gasteiger partial charge < -0.3 is 10.4 Å². The molecule has 2 nitrogen and oxygen atoms in total. The Labute approximate surface area is 99.4 Å². The first-order chi connectivity index (χ1) is 7.49. The molecule has 1 saturated carbocycles. The van der Waals surface area contributed by atoms with E-state index < -0.39 is 5.60 Å². The van der Waals surface area contributed by atoms with E-state index in [0.717, 1.165) is 12.8 Å². The van der Waals surface area contributed by atoms with Crippen LogP contribution in [0.4, 0.5) is 4.39 Å². The van der Waals surface area contributed by atoms with Crippen LogP contribution in [0.5, 0.6) is 0 Å². The summed E-state index contributed by atoms with van der Waals surface area (Å²) in [5.74, 6) is -0.389. The molecule has 0 aromatic heterocycles. The third-order valence-electron chi connectivity index (χ3n) is 2.82. The molecule has 1 aliphatic rings. The van der Waals surface area contributed by atoms with Gasteiger partial charge in [-0.15, -0.1) is 0 Å². The number of aliphatic hydroxyl groups is 1. The highest BCUT2D eigenvalue weighted by Crippen LogP contribution is 2.29. The van der Waals surface area contributed by atoms with Gasteiger partial charge in [0.05, 0.1) is 0 Å². The minimum atomic E-state index is -1.06. The first-order valence-electron chi connectivity index (χ1n) is 5.40. The molecular weight excluding hydrogens is 229 g/mol. The van der Waals surface area contributed by atoms with Crippen LogP contribution in [0.25, 0.3) is 0 Å². The van der Waals surface area contributed by atoms with Crippen LogP contribution in [0, 0.1) is 5.82 Å². The topological polar surface area (TPSA) is 32.3 Å². The lowest BCUT2D eigenvalue weighted by Gasteiger charge is -2.25. The van der Waals surface area contributed by atoms with Gasteiger partial charge in [-0.1, -0.05) is 17.7 Å². The number of halogens is 2. The van der Waals surface area contributed by atoms with Crippen molar-refractivity contribution in [3.63, 3.8) is 0 Å². The molecule has 88 valence electrons. The monoisotopic (exact) mass is 243 g/mol. The average molecular weight is 244 g/mol. The summed E-state index contributed by atoms with van der Waals surface area (Å²) in [4.78, 5) is 0. The molecule has 0 amide bonds. The van der Waals surface area contributed by atoms with Crippen molar-refractivity contribution in [1.29, 1.82) is 0 Å². The van der Waals surface area contributed by atoms with Crippen molar-refractivity contribution < 1.29 is 9.50 Å². The van der Waals surface area contributed by atoms with Crippen molar-refractivity contribution in [2.24, 2.45) is 0 Å². The molecule has 4 heteroatoms. The molecular formula is C12H15ClFNO. The second-order valence-corrected chi connectivity index (χ2v) is 4.96. The van der Waals surface area contributed by atoms with Gasteiger partial charge in [0, 0.05) is 23.2 Å². The summed E-state index contributed by atoms with van der Waals surface area (Å²) >= 11 is 5.92. The average Bonchev–Trinajstić information content (AvgIpc) is 2.97. The van der Waals surface area contributed by atoms with E-state index in [2.05, 4.69) is 5.32 Å². The minimum Gasteiger partial charge on any atom is -0.384 e. The Morgan fingerprint density at radius 2 is 2.25 bits per heavy atom. The van der Waals surface area contributed by atoms with E-state index in [1.165, 1.54) is 18.2 Å². The number of hydrogen-bond donors (Lipinski definition) is 2. The molecule has 1 aromatic carbocycles. The van der Waals surface area contributed by atoms with Gasteiger partial charge in [-0.3, -0.25) is 0 Å². The van der Waals surface area contributed by atoms with Crippen LogP contribution in [0.2, 0.25) is 5.02 Å². The first kappa shape index (κ1) is 11.8. The van der Waals surface area contributed by atoms with Crippen LogP contribution in [0.1, 0.15) is 25.3 Å². The Kier molecular flexibility index (Phi) is 3.19. The number of rotatable bonds is 4. The van der Waals surface area contributed by atoms with Gasteiger partial charge >= 0.3 is 0 Å². The molecule has 1 unspecified atom stereocenters. The molecule has 2 N–H and O–H groups in total.